The number of aryl methyl sites for hydroxylation is 4. The van der Waals surface area contributed by atoms with E-state index in [2.05, 4.69) is 5.32 Å². The van der Waals surface area contributed by atoms with Crippen molar-refractivity contribution < 1.29 is 9.53 Å². The Bertz CT molecular complexity index is 672. The van der Waals surface area contributed by atoms with E-state index in [0.717, 1.165) is 39.4 Å². The highest BCUT2D eigenvalue weighted by atomic mass is 32.2. The van der Waals surface area contributed by atoms with Gasteiger partial charge in [-0.3, -0.25) is 4.79 Å². The quantitative estimate of drug-likeness (QED) is 0.742. The van der Waals surface area contributed by atoms with Crippen molar-refractivity contribution in [3.63, 3.8) is 0 Å². The van der Waals surface area contributed by atoms with Crippen LogP contribution in [-0.2, 0) is 4.79 Å². The van der Waals surface area contributed by atoms with Crippen LogP contribution in [0.25, 0.3) is 0 Å². The first kappa shape index (κ1) is 18.4. The first-order valence-corrected chi connectivity index (χ1v) is 9.27. The first-order valence-electron chi connectivity index (χ1n) is 8.12. The van der Waals surface area contributed by atoms with Gasteiger partial charge < -0.3 is 10.1 Å². The summed E-state index contributed by atoms with van der Waals surface area (Å²) in [6.07, 6.45) is 0. The largest absolute Gasteiger partial charge is 0.492 e. The lowest BCUT2D eigenvalue weighted by atomic mass is 10.1. The predicted molar refractivity (Wildman–Crippen MR) is 103 cm³/mol. The summed E-state index contributed by atoms with van der Waals surface area (Å²) in [5.74, 6) is 2.21. The van der Waals surface area contributed by atoms with Gasteiger partial charge in [-0.25, -0.2) is 0 Å². The molecule has 3 nitrogen and oxygen atoms in total. The van der Waals surface area contributed by atoms with Crippen LogP contribution in [0.4, 0.5) is 5.69 Å². The minimum atomic E-state index is 0.0319. The van der Waals surface area contributed by atoms with Crippen molar-refractivity contribution >= 4 is 23.4 Å². The standard InChI is InChI=1S/C20H25NO2S/c1-14-7-5-8-15(2)19(14)21-18(22)13-24-12-11-23-20-16(3)9-6-10-17(20)4/h5-10H,11-13H2,1-4H3,(H,21,22). The van der Waals surface area contributed by atoms with Crippen LogP contribution >= 0.6 is 11.8 Å². The molecule has 0 saturated carbocycles. The smallest absolute Gasteiger partial charge is 0.234 e. The molecule has 128 valence electrons. The summed E-state index contributed by atoms with van der Waals surface area (Å²) in [7, 11) is 0. The first-order chi connectivity index (χ1) is 11.5. The van der Waals surface area contributed by atoms with E-state index >= 15 is 0 Å². The zero-order valence-corrected chi connectivity index (χ0v) is 15.6. The summed E-state index contributed by atoms with van der Waals surface area (Å²) in [4.78, 5) is 12.1. The Balaban J connectivity index is 1.74. The monoisotopic (exact) mass is 343 g/mol. The van der Waals surface area contributed by atoms with Crippen LogP contribution in [0.5, 0.6) is 5.75 Å². The molecule has 1 N–H and O–H groups in total. The number of para-hydroxylation sites is 2. The van der Waals surface area contributed by atoms with Crippen molar-refractivity contribution in [2.45, 2.75) is 27.7 Å². The second kappa shape index (κ2) is 8.78. The summed E-state index contributed by atoms with van der Waals surface area (Å²) < 4.78 is 5.85. The second-order valence-electron chi connectivity index (χ2n) is 5.94. The minimum absolute atomic E-state index is 0.0319. The molecular weight excluding hydrogens is 318 g/mol. The average Bonchev–Trinajstić information content (AvgIpc) is 2.53. The van der Waals surface area contributed by atoms with Crippen molar-refractivity contribution in [1.82, 2.24) is 0 Å². The van der Waals surface area contributed by atoms with Gasteiger partial charge in [0, 0.05) is 11.4 Å². The number of nitrogens with one attached hydrogen (secondary N) is 1. The van der Waals surface area contributed by atoms with Crippen molar-refractivity contribution in [3.05, 3.63) is 58.7 Å². The highest BCUT2D eigenvalue weighted by molar-refractivity contribution is 7.99. The van der Waals surface area contributed by atoms with Gasteiger partial charge in [0.15, 0.2) is 0 Å². The van der Waals surface area contributed by atoms with E-state index in [4.69, 9.17) is 4.74 Å². The molecule has 0 aliphatic heterocycles. The Morgan fingerprint density at radius 1 is 0.958 bits per heavy atom. The number of anilines is 1. The lowest BCUT2D eigenvalue weighted by Crippen LogP contribution is -2.16. The molecule has 0 unspecified atom stereocenters. The summed E-state index contributed by atoms with van der Waals surface area (Å²) in [6.45, 7) is 8.72. The molecule has 24 heavy (non-hydrogen) atoms. The lowest BCUT2D eigenvalue weighted by Gasteiger charge is -2.12. The molecule has 0 aromatic heterocycles. The average molecular weight is 343 g/mol. The van der Waals surface area contributed by atoms with Crippen LogP contribution in [0.3, 0.4) is 0 Å². The number of ether oxygens (including phenoxy) is 1. The Morgan fingerprint density at radius 2 is 1.50 bits per heavy atom. The molecule has 0 aliphatic carbocycles. The predicted octanol–water partition coefficient (Wildman–Crippen LogP) is 4.67. The van der Waals surface area contributed by atoms with Crippen LogP contribution in [0.15, 0.2) is 36.4 Å². The van der Waals surface area contributed by atoms with Crippen molar-refractivity contribution in [2.75, 3.05) is 23.4 Å². The summed E-state index contributed by atoms with van der Waals surface area (Å²) in [5.41, 5.74) is 5.40. The van der Waals surface area contributed by atoms with Gasteiger partial charge in [0.2, 0.25) is 5.91 Å². The van der Waals surface area contributed by atoms with Crippen LogP contribution in [0, 0.1) is 27.7 Å². The molecule has 4 heteroatoms. The van der Waals surface area contributed by atoms with Crippen LogP contribution in [0.1, 0.15) is 22.3 Å². The topological polar surface area (TPSA) is 38.3 Å². The molecule has 2 rings (SSSR count). The molecule has 0 aliphatic rings. The third-order valence-corrected chi connectivity index (χ3v) is 4.78. The number of amides is 1. The van der Waals surface area contributed by atoms with E-state index < -0.39 is 0 Å². The van der Waals surface area contributed by atoms with Gasteiger partial charge in [0.1, 0.15) is 5.75 Å². The number of hydrogen-bond acceptors (Lipinski definition) is 3. The molecule has 2 aromatic carbocycles. The van der Waals surface area contributed by atoms with Crippen molar-refractivity contribution in [1.29, 1.82) is 0 Å². The normalized spacial score (nSPS) is 10.5. The van der Waals surface area contributed by atoms with Crippen LogP contribution in [-0.4, -0.2) is 24.0 Å². The lowest BCUT2D eigenvalue weighted by molar-refractivity contribution is -0.113. The van der Waals surface area contributed by atoms with Gasteiger partial charge in [-0.15, -0.1) is 11.8 Å². The van der Waals surface area contributed by atoms with E-state index in [1.165, 1.54) is 0 Å². The number of rotatable bonds is 7. The minimum Gasteiger partial charge on any atom is -0.492 e. The van der Waals surface area contributed by atoms with E-state index in [1.54, 1.807) is 11.8 Å². The van der Waals surface area contributed by atoms with Crippen LogP contribution < -0.4 is 10.1 Å². The van der Waals surface area contributed by atoms with Crippen molar-refractivity contribution in [3.8, 4) is 5.75 Å². The maximum absolute atomic E-state index is 12.1. The molecule has 2 aromatic rings. The van der Waals surface area contributed by atoms with Gasteiger partial charge in [0.25, 0.3) is 0 Å². The second-order valence-corrected chi connectivity index (χ2v) is 7.04. The van der Waals surface area contributed by atoms with E-state index in [-0.39, 0.29) is 5.91 Å². The third-order valence-electron chi connectivity index (χ3n) is 3.86. The fraction of sp³-hybridized carbons (Fsp3) is 0.350. The number of benzene rings is 2. The molecule has 0 atom stereocenters. The molecule has 0 radical (unpaired) electrons. The van der Waals surface area contributed by atoms with Crippen LogP contribution in [0.2, 0.25) is 0 Å². The molecule has 0 heterocycles. The third kappa shape index (κ3) is 5.03. The fourth-order valence-electron chi connectivity index (χ4n) is 2.58. The Morgan fingerprint density at radius 3 is 2.08 bits per heavy atom. The Labute approximate surface area is 148 Å². The number of carbonyl (C=O) groups is 1. The Hall–Kier alpha value is -1.94. The fourth-order valence-corrected chi connectivity index (χ4v) is 3.18. The molecule has 0 bridgehead atoms. The molecular formula is C20H25NO2S. The van der Waals surface area contributed by atoms with Gasteiger partial charge in [-0.2, -0.15) is 0 Å². The SMILES string of the molecule is Cc1cccc(C)c1NC(=O)CSCCOc1c(C)cccc1C. The van der Waals surface area contributed by atoms with E-state index in [0.29, 0.717) is 12.4 Å². The van der Waals surface area contributed by atoms with Gasteiger partial charge >= 0.3 is 0 Å². The summed E-state index contributed by atoms with van der Waals surface area (Å²) in [5, 5.41) is 3.00. The van der Waals surface area contributed by atoms with Gasteiger partial charge in [-0.1, -0.05) is 36.4 Å². The zero-order valence-electron chi connectivity index (χ0n) is 14.8. The van der Waals surface area contributed by atoms with E-state index in [9.17, 15) is 4.79 Å². The molecule has 0 saturated heterocycles. The number of hydrogen-bond donors (Lipinski definition) is 1. The highest BCUT2D eigenvalue weighted by Crippen LogP contribution is 2.23. The maximum Gasteiger partial charge on any atom is 0.234 e. The molecule has 0 fully saturated rings. The Kier molecular flexibility index (Phi) is 6.73. The number of thioether (sulfide) groups is 1. The molecule has 0 spiro atoms. The van der Waals surface area contributed by atoms with E-state index in [1.807, 2.05) is 64.1 Å². The van der Waals surface area contributed by atoms with Gasteiger partial charge in [-0.05, 0) is 49.9 Å². The maximum atomic E-state index is 12.1. The summed E-state index contributed by atoms with van der Waals surface area (Å²) in [6, 6.07) is 12.1. The zero-order chi connectivity index (χ0) is 17.5. The van der Waals surface area contributed by atoms with Crippen molar-refractivity contribution in [2.24, 2.45) is 0 Å². The van der Waals surface area contributed by atoms with Gasteiger partial charge in [0.05, 0.1) is 12.4 Å². The number of carbonyl (C=O) groups excluding carboxylic acids is 1. The summed E-state index contributed by atoms with van der Waals surface area (Å²) >= 11 is 1.59. The highest BCUT2D eigenvalue weighted by Gasteiger charge is 2.08. The molecule has 1 amide bonds.